The van der Waals surface area contributed by atoms with Crippen molar-refractivity contribution in [3.63, 3.8) is 0 Å². The Morgan fingerprint density at radius 2 is 1.85 bits per heavy atom. The highest BCUT2D eigenvalue weighted by Gasteiger charge is 2.42. The minimum atomic E-state index is -3.42. The van der Waals surface area contributed by atoms with Crippen LogP contribution in [0.5, 0.6) is 0 Å². The highest BCUT2D eigenvalue weighted by atomic mass is 31.2. The van der Waals surface area contributed by atoms with Crippen LogP contribution in [0.1, 0.15) is 42.4 Å². The molecule has 3 atom stereocenters. The van der Waals surface area contributed by atoms with Crippen LogP contribution in [0.2, 0.25) is 0 Å². The molecule has 1 aliphatic heterocycles. The maximum Gasteiger partial charge on any atom is 0.338 e. The molecule has 11 heteroatoms. The van der Waals surface area contributed by atoms with Gasteiger partial charge in [-0.1, -0.05) is 18.2 Å². The minimum Gasteiger partial charge on any atom is -0.459 e. The third kappa shape index (κ3) is 6.29. The topological polar surface area (TPSA) is 126 Å². The molecule has 1 fully saturated rings. The van der Waals surface area contributed by atoms with Gasteiger partial charge in [0.05, 0.1) is 31.0 Å². The Labute approximate surface area is 191 Å². The summed E-state index contributed by atoms with van der Waals surface area (Å²) in [4.78, 5) is 38.8. The van der Waals surface area contributed by atoms with E-state index in [1.807, 2.05) is 0 Å². The lowest BCUT2D eigenvalue weighted by Gasteiger charge is -2.23. The zero-order chi connectivity index (χ0) is 24.0. The molecular formula is C22H29N2O8P. The first-order valence-electron chi connectivity index (χ1n) is 10.8. The van der Waals surface area contributed by atoms with Crippen molar-refractivity contribution >= 4 is 13.6 Å². The van der Waals surface area contributed by atoms with Gasteiger partial charge in [0.1, 0.15) is 12.8 Å². The van der Waals surface area contributed by atoms with Crippen molar-refractivity contribution in [3.8, 4) is 0 Å². The summed E-state index contributed by atoms with van der Waals surface area (Å²) in [6.07, 6.45) is 0.358. The van der Waals surface area contributed by atoms with E-state index in [1.165, 1.54) is 10.8 Å². The van der Waals surface area contributed by atoms with E-state index in [2.05, 4.69) is 4.98 Å². The first-order chi connectivity index (χ1) is 15.8. The smallest absolute Gasteiger partial charge is 0.338 e. The summed E-state index contributed by atoms with van der Waals surface area (Å²) in [5.41, 5.74) is -0.348. The average Bonchev–Trinajstić information content (AvgIpc) is 3.17. The first kappa shape index (κ1) is 25.1. The predicted octanol–water partition coefficient (Wildman–Crippen LogP) is 2.87. The van der Waals surface area contributed by atoms with E-state index in [0.29, 0.717) is 17.5 Å². The van der Waals surface area contributed by atoms with Gasteiger partial charge in [0.25, 0.3) is 5.56 Å². The number of aromatic amines is 1. The van der Waals surface area contributed by atoms with E-state index in [4.69, 9.17) is 18.5 Å². The SMILES string of the molecule is CCOP(=O)(C[C@H]1C[C@H](n2cc(C)c(=O)[nH]c2=O)O[C@@H]1COC(=O)c1ccccc1)OCC. The van der Waals surface area contributed by atoms with Gasteiger partial charge in [-0.2, -0.15) is 0 Å². The summed E-state index contributed by atoms with van der Waals surface area (Å²) in [5.74, 6) is -0.905. The molecule has 0 unspecified atom stereocenters. The number of benzene rings is 1. The number of rotatable bonds is 10. The lowest BCUT2D eigenvalue weighted by molar-refractivity contribution is -0.0403. The number of H-pyrrole nitrogens is 1. The van der Waals surface area contributed by atoms with Gasteiger partial charge in [-0.25, -0.2) is 9.59 Å². The van der Waals surface area contributed by atoms with E-state index >= 15 is 0 Å². The fourth-order valence-electron chi connectivity index (χ4n) is 3.76. The van der Waals surface area contributed by atoms with Gasteiger partial charge >= 0.3 is 19.3 Å². The quantitative estimate of drug-likeness (QED) is 0.406. The Morgan fingerprint density at radius 1 is 1.18 bits per heavy atom. The second-order valence-electron chi connectivity index (χ2n) is 7.70. The Kier molecular flexibility index (Phi) is 8.42. The number of carbonyl (C=O) groups excluding carboxylic acids is 1. The molecule has 10 nitrogen and oxygen atoms in total. The normalized spacial score (nSPS) is 20.6. The van der Waals surface area contributed by atoms with Gasteiger partial charge in [0.2, 0.25) is 0 Å². The molecule has 2 heterocycles. The van der Waals surface area contributed by atoms with E-state index in [1.54, 1.807) is 51.1 Å². The van der Waals surface area contributed by atoms with Crippen LogP contribution in [0.4, 0.5) is 0 Å². The van der Waals surface area contributed by atoms with Crippen LogP contribution in [-0.4, -0.2) is 47.6 Å². The Balaban J connectivity index is 1.82. The molecule has 0 saturated carbocycles. The van der Waals surface area contributed by atoms with Crippen molar-refractivity contribution in [2.24, 2.45) is 5.92 Å². The third-order valence-electron chi connectivity index (χ3n) is 5.32. The maximum atomic E-state index is 13.2. The van der Waals surface area contributed by atoms with Crippen LogP contribution in [0.25, 0.3) is 0 Å². The Bertz CT molecular complexity index is 1100. The van der Waals surface area contributed by atoms with Crippen LogP contribution in [-0.2, 0) is 23.1 Å². The summed E-state index contributed by atoms with van der Waals surface area (Å²) in [5, 5.41) is 0. The molecular weight excluding hydrogens is 451 g/mol. The third-order valence-corrected chi connectivity index (χ3v) is 7.54. The lowest BCUT2D eigenvalue weighted by atomic mass is 10.0. The molecule has 0 bridgehead atoms. The number of aromatic nitrogens is 2. The predicted molar refractivity (Wildman–Crippen MR) is 121 cm³/mol. The van der Waals surface area contributed by atoms with Gasteiger partial charge < -0.3 is 18.5 Å². The van der Waals surface area contributed by atoms with Crippen LogP contribution >= 0.6 is 7.60 Å². The van der Waals surface area contributed by atoms with E-state index in [9.17, 15) is 18.9 Å². The van der Waals surface area contributed by atoms with Crippen LogP contribution < -0.4 is 11.2 Å². The van der Waals surface area contributed by atoms with Gasteiger partial charge in [-0.05, 0) is 39.3 Å². The lowest BCUT2D eigenvalue weighted by Crippen LogP contribution is -2.33. The molecule has 2 aromatic rings. The average molecular weight is 480 g/mol. The Morgan fingerprint density at radius 3 is 2.48 bits per heavy atom. The second-order valence-corrected chi connectivity index (χ2v) is 9.80. The molecule has 0 spiro atoms. The zero-order valence-electron chi connectivity index (χ0n) is 18.9. The fourth-order valence-corrected chi connectivity index (χ4v) is 5.80. The molecule has 33 heavy (non-hydrogen) atoms. The van der Waals surface area contributed by atoms with Gasteiger partial charge in [0, 0.05) is 17.7 Å². The van der Waals surface area contributed by atoms with Crippen LogP contribution in [0.15, 0.2) is 46.1 Å². The van der Waals surface area contributed by atoms with Crippen molar-refractivity contribution in [3.05, 3.63) is 68.5 Å². The minimum absolute atomic E-state index is 0.0375. The molecule has 0 aliphatic carbocycles. The molecule has 0 radical (unpaired) electrons. The molecule has 0 amide bonds. The van der Waals surface area contributed by atoms with Crippen molar-refractivity contribution < 1.29 is 27.9 Å². The van der Waals surface area contributed by atoms with Gasteiger partial charge in [-0.3, -0.25) is 18.9 Å². The number of nitrogens with one attached hydrogen (secondary N) is 1. The monoisotopic (exact) mass is 480 g/mol. The molecule has 1 aliphatic rings. The van der Waals surface area contributed by atoms with Crippen molar-refractivity contribution in [1.82, 2.24) is 9.55 Å². The summed E-state index contributed by atoms with van der Waals surface area (Å²) >= 11 is 0. The molecule has 1 N–H and O–H groups in total. The molecule has 180 valence electrons. The molecule has 3 rings (SSSR count). The van der Waals surface area contributed by atoms with Crippen molar-refractivity contribution in [1.29, 1.82) is 0 Å². The van der Waals surface area contributed by atoms with Crippen LogP contribution in [0, 0.1) is 12.8 Å². The number of hydrogen-bond acceptors (Lipinski definition) is 8. The first-order valence-corrected chi connectivity index (χ1v) is 12.6. The number of carbonyl (C=O) groups is 1. The summed E-state index contributed by atoms with van der Waals surface area (Å²) in [6, 6.07) is 8.53. The van der Waals surface area contributed by atoms with E-state index in [0.717, 1.165) is 0 Å². The highest BCUT2D eigenvalue weighted by molar-refractivity contribution is 7.53. The fraction of sp³-hybridized carbons (Fsp3) is 0.500. The standard InChI is InChI=1S/C22H29N2O8P/c1-4-30-33(28,31-5-2)14-17-11-19(24-12-15(3)20(25)23-22(24)27)32-18(17)13-29-21(26)16-9-7-6-8-10-16/h6-10,12,17-19H,4-5,11,13-14H2,1-3H3,(H,23,25,27)/t17-,18-,19-/m1/s1. The van der Waals surface area contributed by atoms with E-state index < -0.39 is 37.1 Å². The Hall–Kier alpha value is -2.52. The largest absolute Gasteiger partial charge is 0.459 e. The summed E-state index contributed by atoms with van der Waals surface area (Å²) in [7, 11) is -3.42. The molecule has 1 saturated heterocycles. The summed E-state index contributed by atoms with van der Waals surface area (Å²) < 4.78 is 36.8. The summed E-state index contributed by atoms with van der Waals surface area (Å²) in [6.45, 7) is 5.34. The number of hydrogen-bond donors (Lipinski definition) is 1. The number of nitrogens with zero attached hydrogens (tertiary/aromatic N) is 1. The van der Waals surface area contributed by atoms with Crippen molar-refractivity contribution in [2.45, 2.75) is 39.5 Å². The van der Waals surface area contributed by atoms with Gasteiger partial charge in [0.15, 0.2) is 0 Å². The van der Waals surface area contributed by atoms with E-state index in [-0.39, 0.29) is 31.9 Å². The number of esters is 1. The molecule has 1 aromatic heterocycles. The molecule has 1 aromatic carbocycles. The van der Waals surface area contributed by atoms with Gasteiger partial charge in [-0.15, -0.1) is 0 Å². The number of aryl methyl sites for hydroxylation is 1. The highest BCUT2D eigenvalue weighted by Crippen LogP contribution is 2.52. The zero-order valence-corrected chi connectivity index (χ0v) is 19.8. The number of ether oxygens (including phenoxy) is 2. The van der Waals surface area contributed by atoms with Crippen LogP contribution in [0.3, 0.4) is 0 Å². The van der Waals surface area contributed by atoms with Crippen molar-refractivity contribution in [2.75, 3.05) is 26.0 Å². The second kappa shape index (κ2) is 11.1. The maximum absolute atomic E-state index is 13.2.